The van der Waals surface area contributed by atoms with Crippen molar-refractivity contribution in [1.29, 1.82) is 0 Å². The van der Waals surface area contributed by atoms with Crippen LogP contribution in [0.1, 0.15) is 22.6 Å². The highest BCUT2D eigenvalue weighted by atomic mass is 35.5. The van der Waals surface area contributed by atoms with Crippen molar-refractivity contribution in [2.45, 2.75) is 20.5 Å². The summed E-state index contributed by atoms with van der Waals surface area (Å²) in [5.74, 6) is 0.204. The largest absolute Gasteiger partial charge is 0.387 e. The molecule has 0 saturated carbocycles. The molecule has 160 valence electrons. The van der Waals surface area contributed by atoms with Crippen LogP contribution in [0.4, 0.5) is 4.39 Å². The molecule has 5 aromatic rings. The van der Waals surface area contributed by atoms with E-state index in [0.717, 1.165) is 33.5 Å². The van der Waals surface area contributed by atoms with Crippen LogP contribution in [0.15, 0.2) is 60.0 Å². The first kappa shape index (κ1) is 20.1. The second-order valence-electron chi connectivity index (χ2n) is 7.32. The molecule has 0 fully saturated rings. The van der Waals surface area contributed by atoms with Gasteiger partial charge in [-0.2, -0.15) is 0 Å². The molecular weight excluding hydrogens is 431 g/mol. The van der Waals surface area contributed by atoms with Crippen molar-refractivity contribution in [3.05, 3.63) is 88.3 Å². The first-order valence-corrected chi connectivity index (χ1v) is 10.3. The molecule has 0 aliphatic carbocycles. The zero-order valence-corrected chi connectivity index (χ0v) is 18.1. The molecule has 0 unspecified atom stereocenters. The van der Waals surface area contributed by atoms with E-state index in [1.165, 1.54) is 12.1 Å². The van der Waals surface area contributed by atoms with Crippen LogP contribution in [0.2, 0.25) is 5.02 Å². The fraction of sp³-hybridized carbons (Fsp3) is 0.130. The summed E-state index contributed by atoms with van der Waals surface area (Å²) in [6.07, 6.45) is 3.21. The maximum absolute atomic E-state index is 13.4. The van der Waals surface area contributed by atoms with Crippen LogP contribution in [0.5, 0.6) is 0 Å². The molecular formula is C23H18ClFN6O. The lowest BCUT2D eigenvalue weighted by atomic mass is 10.2. The zero-order chi connectivity index (χ0) is 22.2. The van der Waals surface area contributed by atoms with E-state index in [4.69, 9.17) is 16.4 Å². The third-order valence-electron chi connectivity index (χ3n) is 5.30. The van der Waals surface area contributed by atoms with E-state index >= 15 is 0 Å². The lowest BCUT2D eigenvalue weighted by Gasteiger charge is -2.07. The first-order chi connectivity index (χ1) is 15.5. The number of oxime groups is 1. The van der Waals surface area contributed by atoms with Crippen LogP contribution in [0.3, 0.4) is 0 Å². The van der Waals surface area contributed by atoms with E-state index in [9.17, 15) is 4.39 Å². The van der Waals surface area contributed by atoms with Crippen LogP contribution in [-0.4, -0.2) is 30.4 Å². The van der Waals surface area contributed by atoms with Gasteiger partial charge in [-0.05, 0) is 61.4 Å². The molecule has 0 aliphatic heterocycles. The molecule has 0 bridgehead atoms. The highest BCUT2D eigenvalue weighted by molar-refractivity contribution is 6.30. The molecule has 3 aromatic heterocycles. The Morgan fingerprint density at radius 2 is 1.81 bits per heavy atom. The van der Waals surface area contributed by atoms with E-state index in [1.807, 2.05) is 30.5 Å². The van der Waals surface area contributed by atoms with Crippen molar-refractivity contribution in [3.8, 4) is 5.69 Å². The minimum Gasteiger partial charge on any atom is -0.387 e. The fourth-order valence-corrected chi connectivity index (χ4v) is 3.74. The van der Waals surface area contributed by atoms with Crippen LogP contribution in [0.25, 0.3) is 22.4 Å². The van der Waals surface area contributed by atoms with E-state index in [2.05, 4.69) is 20.2 Å². The van der Waals surface area contributed by atoms with Gasteiger partial charge >= 0.3 is 0 Å². The summed E-state index contributed by atoms with van der Waals surface area (Å²) >= 11 is 5.88. The Kier molecular flexibility index (Phi) is 5.07. The molecule has 0 spiro atoms. The van der Waals surface area contributed by atoms with Crippen molar-refractivity contribution >= 4 is 34.5 Å². The summed E-state index contributed by atoms with van der Waals surface area (Å²) in [6, 6.07) is 13.6. The molecule has 0 N–H and O–H groups in total. The summed E-state index contributed by atoms with van der Waals surface area (Å²) in [6.45, 7) is 4.13. The van der Waals surface area contributed by atoms with Crippen molar-refractivity contribution in [2.24, 2.45) is 5.16 Å². The highest BCUT2D eigenvalue weighted by Crippen LogP contribution is 2.29. The Morgan fingerprint density at radius 3 is 2.56 bits per heavy atom. The smallest absolute Gasteiger partial charge is 0.192 e. The Bertz CT molecular complexity index is 1450. The number of aromatic nitrogens is 5. The van der Waals surface area contributed by atoms with Crippen molar-refractivity contribution in [3.63, 3.8) is 0 Å². The molecule has 0 radical (unpaired) electrons. The third-order valence-corrected chi connectivity index (χ3v) is 5.55. The minimum atomic E-state index is -0.282. The quantitative estimate of drug-likeness (QED) is 0.279. The van der Waals surface area contributed by atoms with Gasteiger partial charge in [0, 0.05) is 16.4 Å². The summed E-state index contributed by atoms with van der Waals surface area (Å²) in [7, 11) is 0. The number of halogens is 2. The standard InChI is InChI=1S/C23H18ClFN6O/c1-14-15(2)31(19-9-7-18(25)8-10-19)22-21(14)23-28-20(29-30(23)13-26-22)12-32-27-11-16-3-5-17(24)6-4-16/h3-11,13H,12H2,1-2H3/b27-11-. The van der Waals surface area contributed by atoms with Crippen molar-refractivity contribution < 1.29 is 9.23 Å². The maximum atomic E-state index is 13.4. The average Bonchev–Trinajstić information content (AvgIpc) is 3.32. The van der Waals surface area contributed by atoms with E-state index in [1.54, 1.807) is 41.3 Å². The normalized spacial score (nSPS) is 11.8. The van der Waals surface area contributed by atoms with Crippen LogP contribution < -0.4 is 0 Å². The fourth-order valence-electron chi connectivity index (χ4n) is 3.61. The second-order valence-corrected chi connectivity index (χ2v) is 7.76. The molecule has 0 amide bonds. The van der Waals surface area contributed by atoms with E-state index in [0.29, 0.717) is 16.5 Å². The van der Waals surface area contributed by atoms with Gasteiger partial charge < -0.3 is 4.84 Å². The predicted molar refractivity (Wildman–Crippen MR) is 121 cm³/mol. The van der Waals surface area contributed by atoms with E-state index in [-0.39, 0.29) is 12.4 Å². The first-order valence-electron chi connectivity index (χ1n) is 9.90. The van der Waals surface area contributed by atoms with E-state index < -0.39 is 0 Å². The van der Waals surface area contributed by atoms with Gasteiger partial charge in [-0.25, -0.2) is 18.9 Å². The van der Waals surface area contributed by atoms with Gasteiger partial charge in [-0.1, -0.05) is 28.9 Å². The van der Waals surface area contributed by atoms with Gasteiger partial charge in [0.25, 0.3) is 0 Å². The van der Waals surface area contributed by atoms with Gasteiger partial charge in [0.1, 0.15) is 12.1 Å². The lowest BCUT2D eigenvalue weighted by Crippen LogP contribution is -1.99. The van der Waals surface area contributed by atoms with Gasteiger partial charge in [0.15, 0.2) is 23.7 Å². The minimum absolute atomic E-state index is 0.115. The third kappa shape index (κ3) is 3.58. The summed E-state index contributed by atoms with van der Waals surface area (Å²) in [5.41, 5.74) is 5.15. The van der Waals surface area contributed by atoms with Crippen LogP contribution in [-0.2, 0) is 11.4 Å². The number of rotatable bonds is 5. The predicted octanol–water partition coefficient (Wildman–Crippen LogP) is 5.03. The van der Waals surface area contributed by atoms with Crippen molar-refractivity contribution in [2.75, 3.05) is 0 Å². The Hall–Kier alpha value is -3.78. The Balaban J connectivity index is 1.46. The summed E-state index contributed by atoms with van der Waals surface area (Å²) in [5, 5.41) is 9.97. The number of aryl methyl sites for hydroxylation is 1. The van der Waals surface area contributed by atoms with Gasteiger partial charge in [-0.15, -0.1) is 5.10 Å². The molecule has 0 saturated heterocycles. The molecule has 7 nitrogen and oxygen atoms in total. The van der Waals surface area contributed by atoms with Gasteiger partial charge in [0.05, 0.1) is 11.6 Å². The Labute approximate surface area is 187 Å². The monoisotopic (exact) mass is 448 g/mol. The zero-order valence-electron chi connectivity index (χ0n) is 17.3. The molecule has 32 heavy (non-hydrogen) atoms. The number of benzene rings is 2. The lowest BCUT2D eigenvalue weighted by molar-refractivity contribution is 0.126. The number of hydrogen-bond donors (Lipinski definition) is 0. The number of hydrogen-bond acceptors (Lipinski definition) is 5. The van der Waals surface area contributed by atoms with Crippen molar-refractivity contribution in [1.82, 2.24) is 24.1 Å². The van der Waals surface area contributed by atoms with Gasteiger partial charge in [-0.3, -0.25) is 4.57 Å². The molecule has 2 aromatic carbocycles. The molecule has 0 aliphatic rings. The molecule has 9 heteroatoms. The number of nitrogens with zero attached hydrogens (tertiary/aromatic N) is 6. The molecule has 0 atom stereocenters. The van der Waals surface area contributed by atoms with Crippen LogP contribution in [0, 0.1) is 19.7 Å². The topological polar surface area (TPSA) is 69.6 Å². The SMILES string of the molecule is Cc1c(C)n(-c2ccc(F)cc2)c2ncn3nc(CO/N=C\c4ccc(Cl)cc4)nc3c12. The summed E-state index contributed by atoms with van der Waals surface area (Å²) < 4.78 is 17.0. The van der Waals surface area contributed by atoms with Crippen LogP contribution >= 0.6 is 11.6 Å². The molecule has 5 rings (SSSR count). The summed E-state index contributed by atoms with van der Waals surface area (Å²) in [4.78, 5) is 14.6. The highest BCUT2D eigenvalue weighted by Gasteiger charge is 2.19. The maximum Gasteiger partial charge on any atom is 0.192 e. The second kappa shape index (κ2) is 8.05. The molecule has 3 heterocycles. The Morgan fingerprint density at radius 1 is 1.06 bits per heavy atom. The number of fused-ring (bicyclic) bond motifs is 3. The van der Waals surface area contributed by atoms with Gasteiger partial charge in [0.2, 0.25) is 0 Å². The average molecular weight is 449 g/mol.